The first kappa shape index (κ1) is 14.9. The Morgan fingerprint density at radius 3 is 2.74 bits per heavy atom. The molecule has 0 aromatic carbocycles. The molecule has 1 aromatic rings. The Kier molecular flexibility index (Phi) is 4.31. The number of hydrogen-bond donors (Lipinski definition) is 0. The van der Waals surface area contributed by atoms with E-state index in [1.165, 1.54) is 10.6 Å². The highest BCUT2D eigenvalue weighted by atomic mass is 127. The fraction of sp³-hybridized carbons (Fsp3) is 0.636. The van der Waals surface area contributed by atoms with Crippen molar-refractivity contribution in [3.8, 4) is 0 Å². The molecule has 1 aromatic heterocycles. The molecule has 1 atom stereocenters. The van der Waals surface area contributed by atoms with Gasteiger partial charge in [0.1, 0.15) is 0 Å². The quantitative estimate of drug-likeness (QED) is 0.720. The first-order chi connectivity index (χ1) is 8.80. The van der Waals surface area contributed by atoms with E-state index in [0.29, 0.717) is 12.5 Å². The molecule has 1 fully saturated rings. The molecule has 1 aliphatic rings. The molecule has 1 saturated heterocycles. The van der Waals surface area contributed by atoms with Gasteiger partial charge >= 0.3 is 0 Å². The van der Waals surface area contributed by atoms with Gasteiger partial charge in [-0.15, -0.1) is 0 Å². The van der Waals surface area contributed by atoms with E-state index >= 15 is 0 Å². The number of nitrogens with zero attached hydrogens (tertiary/aromatic N) is 4. The van der Waals surface area contributed by atoms with Crippen molar-refractivity contribution in [1.82, 2.24) is 14.3 Å². The van der Waals surface area contributed by atoms with Crippen LogP contribution in [-0.2, 0) is 10.0 Å². The maximum absolute atomic E-state index is 11.8. The van der Waals surface area contributed by atoms with Crippen LogP contribution in [0.15, 0.2) is 6.20 Å². The van der Waals surface area contributed by atoms with Gasteiger partial charge in [-0.05, 0) is 35.4 Å². The summed E-state index contributed by atoms with van der Waals surface area (Å²) < 4.78 is 26.1. The highest BCUT2D eigenvalue weighted by Crippen LogP contribution is 2.35. The number of hydrogen-bond acceptors (Lipinski definition) is 5. The Hall–Kier alpha value is -0.480. The van der Waals surface area contributed by atoms with Crippen molar-refractivity contribution in [1.29, 1.82) is 0 Å². The van der Waals surface area contributed by atoms with Gasteiger partial charge in [0.15, 0.2) is 0 Å². The normalized spacial score (nSPS) is 20.7. The maximum atomic E-state index is 11.8. The van der Waals surface area contributed by atoms with Crippen LogP contribution in [0.25, 0.3) is 0 Å². The number of halogens is 1. The van der Waals surface area contributed by atoms with Gasteiger partial charge in [0, 0.05) is 26.8 Å². The SMILES string of the molecule is CN(C)c1ncc(I)c([C@@H]2CCCN2S(C)(=O)=O)n1. The standard InChI is InChI=1S/C11H17IN4O2S/c1-15(2)11-13-7-8(12)10(14-11)9-5-4-6-16(9)19(3,17)18/h7,9H,4-6H2,1-3H3/t9-/m0/s1. The molecule has 0 spiro atoms. The molecule has 0 N–H and O–H groups in total. The lowest BCUT2D eigenvalue weighted by atomic mass is 10.1. The molecule has 19 heavy (non-hydrogen) atoms. The van der Waals surface area contributed by atoms with Gasteiger partial charge in [-0.3, -0.25) is 0 Å². The van der Waals surface area contributed by atoms with Crippen molar-refractivity contribution in [2.45, 2.75) is 18.9 Å². The van der Waals surface area contributed by atoms with E-state index in [1.54, 1.807) is 6.20 Å². The van der Waals surface area contributed by atoms with Gasteiger partial charge in [-0.1, -0.05) is 0 Å². The molecule has 0 bridgehead atoms. The topological polar surface area (TPSA) is 66.4 Å². The number of anilines is 1. The smallest absolute Gasteiger partial charge is 0.225 e. The summed E-state index contributed by atoms with van der Waals surface area (Å²) in [6.45, 7) is 0.570. The van der Waals surface area contributed by atoms with Crippen molar-refractivity contribution in [2.24, 2.45) is 0 Å². The molecular formula is C11H17IN4O2S. The Bertz CT molecular complexity index is 576. The van der Waals surface area contributed by atoms with Crippen LogP contribution in [0.2, 0.25) is 0 Å². The molecule has 0 radical (unpaired) electrons. The van der Waals surface area contributed by atoms with Crippen LogP contribution in [0, 0.1) is 3.57 Å². The second-order valence-electron chi connectivity index (χ2n) is 4.83. The second kappa shape index (κ2) is 5.49. The molecule has 2 rings (SSSR count). The highest BCUT2D eigenvalue weighted by Gasteiger charge is 2.34. The van der Waals surface area contributed by atoms with Gasteiger partial charge in [0.2, 0.25) is 16.0 Å². The van der Waals surface area contributed by atoms with Crippen LogP contribution < -0.4 is 4.90 Å². The monoisotopic (exact) mass is 396 g/mol. The van der Waals surface area contributed by atoms with Crippen LogP contribution in [0.4, 0.5) is 5.95 Å². The van der Waals surface area contributed by atoms with Crippen LogP contribution >= 0.6 is 22.6 Å². The largest absolute Gasteiger partial charge is 0.347 e. The fourth-order valence-corrected chi connectivity index (χ4v) is 3.98. The summed E-state index contributed by atoms with van der Waals surface area (Å²) in [5.74, 6) is 0.607. The third kappa shape index (κ3) is 3.16. The van der Waals surface area contributed by atoms with Crippen molar-refractivity contribution >= 4 is 38.6 Å². The number of sulfonamides is 1. The lowest BCUT2D eigenvalue weighted by Crippen LogP contribution is -2.30. The van der Waals surface area contributed by atoms with Gasteiger partial charge in [-0.2, -0.15) is 4.31 Å². The first-order valence-corrected chi connectivity index (χ1v) is 8.90. The average molecular weight is 396 g/mol. The third-order valence-corrected chi connectivity index (χ3v) is 5.22. The first-order valence-electron chi connectivity index (χ1n) is 5.97. The molecule has 0 unspecified atom stereocenters. The Morgan fingerprint density at radius 1 is 1.47 bits per heavy atom. The van der Waals surface area contributed by atoms with Gasteiger partial charge in [0.05, 0.1) is 21.6 Å². The van der Waals surface area contributed by atoms with Crippen molar-refractivity contribution in [3.05, 3.63) is 15.5 Å². The summed E-state index contributed by atoms with van der Waals surface area (Å²) in [4.78, 5) is 10.6. The minimum Gasteiger partial charge on any atom is -0.347 e. The van der Waals surface area contributed by atoms with Crippen molar-refractivity contribution in [2.75, 3.05) is 31.8 Å². The minimum atomic E-state index is -3.19. The van der Waals surface area contributed by atoms with Gasteiger partial charge in [0.25, 0.3) is 0 Å². The summed E-state index contributed by atoms with van der Waals surface area (Å²) >= 11 is 2.16. The lowest BCUT2D eigenvalue weighted by Gasteiger charge is -2.23. The maximum Gasteiger partial charge on any atom is 0.225 e. The molecule has 0 amide bonds. The third-order valence-electron chi connectivity index (χ3n) is 3.10. The van der Waals surface area contributed by atoms with E-state index in [2.05, 4.69) is 32.6 Å². The van der Waals surface area contributed by atoms with E-state index in [4.69, 9.17) is 0 Å². The summed E-state index contributed by atoms with van der Waals surface area (Å²) in [5.41, 5.74) is 0.808. The molecule has 2 heterocycles. The van der Waals surface area contributed by atoms with Crippen LogP contribution in [0.5, 0.6) is 0 Å². The van der Waals surface area contributed by atoms with E-state index in [0.717, 1.165) is 22.1 Å². The molecule has 8 heteroatoms. The average Bonchev–Trinajstić information content (AvgIpc) is 2.77. The summed E-state index contributed by atoms with van der Waals surface area (Å²) in [7, 11) is 0.546. The minimum absolute atomic E-state index is 0.163. The van der Waals surface area contributed by atoms with Gasteiger partial charge in [-0.25, -0.2) is 18.4 Å². The van der Waals surface area contributed by atoms with E-state index in [-0.39, 0.29) is 6.04 Å². The van der Waals surface area contributed by atoms with Crippen LogP contribution in [0.1, 0.15) is 24.6 Å². The molecular weight excluding hydrogens is 379 g/mol. The Labute approximate surface area is 127 Å². The Morgan fingerprint density at radius 2 is 2.16 bits per heavy atom. The summed E-state index contributed by atoms with van der Waals surface area (Å²) in [6, 6.07) is -0.163. The molecule has 0 saturated carbocycles. The van der Waals surface area contributed by atoms with E-state index in [9.17, 15) is 8.42 Å². The second-order valence-corrected chi connectivity index (χ2v) is 7.93. The van der Waals surface area contributed by atoms with E-state index < -0.39 is 10.0 Å². The van der Waals surface area contributed by atoms with Crippen molar-refractivity contribution < 1.29 is 8.42 Å². The number of aromatic nitrogens is 2. The summed E-state index contributed by atoms with van der Waals surface area (Å²) in [6.07, 6.45) is 4.69. The molecule has 106 valence electrons. The zero-order valence-corrected chi connectivity index (χ0v) is 14.1. The molecule has 1 aliphatic heterocycles. The predicted molar refractivity (Wildman–Crippen MR) is 82.6 cm³/mol. The lowest BCUT2D eigenvalue weighted by molar-refractivity contribution is 0.392. The zero-order chi connectivity index (χ0) is 14.2. The number of rotatable bonds is 3. The molecule has 0 aliphatic carbocycles. The van der Waals surface area contributed by atoms with Crippen LogP contribution in [-0.4, -0.2) is 49.6 Å². The van der Waals surface area contributed by atoms with E-state index in [1.807, 2.05) is 19.0 Å². The zero-order valence-electron chi connectivity index (χ0n) is 11.2. The Balaban J connectivity index is 2.43. The highest BCUT2D eigenvalue weighted by molar-refractivity contribution is 14.1. The van der Waals surface area contributed by atoms with Crippen molar-refractivity contribution in [3.63, 3.8) is 0 Å². The van der Waals surface area contributed by atoms with Crippen LogP contribution in [0.3, 0.4) is 0 Å². The molecule has 6 nitrogen and oxygen atoms in total. The summed E-state index contributed by atoms with van der Waals surface area (Å²) in [5, 5.41) is 0. The van der Waals surface area contributed by atoms with Gasteiger partial charge < -0.3 is 4.90 Å². The fourth-order valence-electron chi connectivity index (χ4n) is 2.23. The predicted octanol–water partition coefficient (Wildman–Crippen LogP) is 1.24.